The van der Waals surface area contributed by atoms with E-state index in [4.69, 9.17) is 10.5 Å². The highest BCUT2D eigenvalue weighted by molar-refractivity contribution is 5.39. The molecule has 0 fully saturated rings. The molecule has 2 rings (SSSR count). The van der Waals surface area contributed by atoms with Gasteiger partial charge in [0.05, 0.1) is 0 Å². The molecule has 0 unspecified atom stereocenters. The van der Waals surface area contributed by atoms with E-state index < -0.39 is 0 Å². The SMILES string of the molecule is Cc1ccc(C)c(COc2ccc(C)cc2[C@H](C)N)c1. The quantitative estimate of drug-likeness (QED) is 0.902. The van der Waals surface area contributed by atoms with Gasteiger partial charge in [-0.1, -0.05) is 41.5 Å². The molecule has 0 radical (unpaired) electrons. The Balaban J connectivity index is 2.20. The van der Waals surface area contributed by atoms with Crippen LogP contribution in [0.4, 0.5) is 0 Å². The summed E-state index contributed by atoms with van der Waals surface area (Å²) in [5.41, 5.74) is 12.0. The van der Waals surface area contributed by atoms with Gasteiger partial charge in [-0.25, -0.2) is 0 Å². The van der Waals surface area contributed by atoms with Gasteiger partial charge in [0.1, 0.15) is 12.4 Å². The summed E-state index contributed by atoms with van der Waals surface area (Å²) >= 11 is 0. The Bertz CT molecular complexity index is 602. The molecule has 0 aliphatic rings. The number of rotatable bonds is 4. The Hall–Kier alpha value is -1.80. The number of hydrogen-bond acceptors (Lipinski definition) is 2. The van der Waals surface area contributed by atoms with Crippen LogP contribution in [0.1, 0.15) is 40.8 Å². The molecule has 2 aromatic rings. The first kappa shape index (κ1) is 14.6. The predicted molar refractivity (Wildman–Crippen MR) is 84.0 cm³/mol. The summed E-state index contributed by atoms with van der Waals surface area (Å²) < 4.78 is 6.00. The first-order valence-electron chi connectivity index (χ1n) is 7.02. The molecule has 106 valence electrons. The minimum absolute atomic E-state index is 0.0245. The molecule has 0 spiro atoms. The Labute approximate surface area is 121 Å². The molecule has 0 saturated carbocycles. The van der Waals surface area contributed by atoms with Gasteiger partial charge >= 0.3 is 0 Å². The zero-order valence-corrected chi connectivity index (χ0v) is 12.7. The fraction of sp³-hybridized carbons (Fsp3) is 0.333. The monoisotopic (exact) mass is 269 g/mol. The van der Waals surface area contributed by atoms with E-state index >= 15 is 0 Å². The number of benzene rings is 2. The normalized spacial score (nSPS) is 12.2. The number of aryl methyl sites for hydroxylation is 3. The van der Waals surface area contributed by atoms with Gasteiger partial charge in [0, 0.05) is 11.6 Å². The van der Waals surface area contributed by atoms with Crippen LogP contribution in [0.5, 0.6) is 5.75 Å². The number of nitrogens with two attached hydrogens (primary N) is 1. The van der Waals surface area contributed by atoms with Crippen molar-refractivity contribution in [3.63, 3.8) is 0 Å². The highest BCUT2D eigenvalue weighted by Gasteiger charge is 2.09. The molecule has 0 bridgehead atoms. The Kier molecular flexibility index (Phi) is 4.46. The van der Waals surface area contributed by atoms with Crippen molar-refractivity contribution >= 4 is 0 Å². The summed E-state index contributed by atoms with van der Waals surface area (Å²) in [4.78, 5) is 0. The van der Waals surface area contributed by atoms with Gasteiger partial charge in [0.15, 0.2) is 0 Å². The second-order valence-electron chi connectivity index (χ2n) is 5.55. The van der Waals surface area contributed by atoms with Gasteiger partial charge in [0.25, 0.3) is 0 Å². The Morgan fingerprint density at radius 2 is 1.65 bits per heavy atom. The molecular formula is C18H23NO. The van der Waals surface area contributed by atoms with E-state index in [0.717, 1.165) is 11.3 Å². The topological polar surface area (TPSA) is 35.2 Å². The molecule has 0 heterocycles. The van der Waals surface area contributed by atoms with E-state index in [0.29, 0.717) is 6.61 Å². The maximum Gasteiger partial charge on any atom is 0.124 e. The fourth-order valence-electron chi connectivity index (χ4n) is 2.27. The molecule has 0 amide bonds. The van der Waals surface area contributed by atoms with Gasteiger partial charge in [-0.15, -0.1) is 0 Å². The molecule has 1 atom stereocenters. The van der Waals surface area contributed by atoms with Crippen molar-refractivity contribution in [1.82, 2.24) is 0 Å². The second-order valence-corrected chi connectivity index (χ2v) is 5.55. The third-order valence-corrected chi connectivity index (χ3v) is 3.54. The predicted octanol–water partition coefficient (Wildman–Crippen LogP) is 4.21. The molecule has 2 nitrogen and oxygen atoms in total. The largest absolute Gasteiger partial charge is 0.489 e. The fourth-order valence-corrected chi connectivity index (χ4v) is 2.27. The summed E-state index contributed by atoms with van der Waals surface area (Å²) in [6.07, 6.45) is 0. The maximum atomic E-state index is 6.03. The van der Waals surface area contributed by atoms with Gasteiger partial charge in [-0.3, -0.25) is 0 Å². The van der Waals surface area contributed by atoms with Crippen LogP contribution in [0.15, 0.2) is 36.4 Å². The smallest absolute Gasteiger partial charge is 0.124 e. The van der Waals surface area contributed by atoms with Crippen LogP contribution in [0, 0.1) is 20.8 Å². The summed E-state index contributed by atoms with van der Waals surface area (Å²) in [7, 11) is 0. The lowest BCUT2D eigenvalue weighted by Crippen LogP contribution is -2.09. The van der Waals surface area contributed by atoms with Crippen LogP contribution in [0.2, 0.25) is 0 Å². The van der Waals surface area contributed by atoms with Crippen LogP contribution in [0.25, 0.3) is 0 Å². The van der Waals surface area contributed by atoms with Gasteiger partial charge in [-0.2, -0.15) is 0 Å². The van der Waals surface area contributed by atoms with Crippen molar-refractivity contribution in [3.8, 4) is 5.75 Å². The van der Waals surface area contributed by atoms with Crippen molar-refractivity contribution in [3.05, 3.63) is 64.2 Å². The maximum absolute atomic E-state index is 6.03. The minimum Gasteiger partial charge on any atom is -0.489 e. The van der Waals surface area contributed by atoms with Gasteiger partial charge < -0.3 is 10.5 Å². The summed E-state index contributed by atoms with van der Waals surface area (Å²) in [5, 5.41) is 0. The summed E-state index contributed by atoms with van der Waals surface area (Å²) in [6, 6.07) is 12.6. The number of ether oxygens (including phenoxy) is 1. The lowest BCUT2D eigenvalue weighted by Gasteiger charge is -2.16. The molecule has 2 N–H and O–H groups in total. The van der Waals surface area contributed by atoms with E-state index in [1.165, 1.54) is 22.3 Å². The van der Waals surface area contributed by atoms with E-state index in [-0.39, 0.29) is 6.04 Å². The van der Waals surface area contributed by atoms with Crippen LogP contribution < -0.4 is 10.5 Å². The van der Waals surface area contributed by atoms with E-state index in [1.54, 1.807) is 0 Å². The standard InChI is InChI=1S/C18H23NO/c1-12-5-7-14(3)16(9-12)11-20-18-8-6-13(2)10-17(18)15(4)19/h5-10,15H,11,19H2,1-4H3/t15-/m0/s1. The van der Waals surface area contributed by atoms with Crippen LogP contribution in [0.3, 0.4) is 0 Å². The zero-order chi connectivity index (χ0) is 14.7. The number of hydrogen-bond donors (Lipinski definition) is 1. The Morgan fingerprint density at radius 1 is 1.00 bits per heavy atom. The van der Waals surface area contributed by atoms with Crippen molar-refractivity contribution in [2.75, 3.05) is 0 Å². The molecule has 0 aromatic heterocycles. The summed E-state index contributed by atoms with van der Waals surface area (Å²) in [6.45, 7) is 8.85. The van der Waals surface area contributed by atoms with E-state index in [2.05, 4.69) is 51.1 Å². The van der Waals surface area contributed by atoms with Gasteiger partial charge in [-0.05, 0) is 44.9 Å². The first-order chi connectivity index (χ1) is 9.47. The second kappa shape index (κ2) is 6.10. The van der Waals surface area contributed by atoms with E-state index in [1.807, 2.05) is 13.0 Å². The molecule has 0 saturated heterocycles. The average Bonchev–Trinajstić information content (AvgIpc) is 2.40. The lowest BCUT2D eigenvalue weighted by atomic mass is 10.0. The Morgan fingerprint density at radius 3 is 2.35 bits per heavy atom. The third-order valence-electron chi connectivity index (χ3n) is 3.54. The molecule has 20 heavy (non-hydrogen) atoms. The highest BCUT2D eigenvalue weighted by Crippen LogP contribution is 2.26. The first-order valence-corrected chi connectivity index (χ1v) is 7.02. The molecule has 0 aliphatic carbocycles. The van der Waals surface area contributed by atoms with Gasteiger partial charge in [0.2, 0.25) is 0 Å². The molecule has 0 aliphatic heterocycles. The lowest BCUT2D eigenvalue weighted by molar-refractivity contribution is 0.300. The minimum atomic E-state index is -0.0245. The summed E-state index contributed by atoms with van der Waals surface area (Å²) in [5.74, 6) is 0.881. The van der Waals surface area contributed by atoms with E-state index in [9.17, 15) is 0 Å². The molecule has 2 aromatic carbocycles. The zero-order valence-electron chi connectivity index (χ0n) is 12.7. The van der Waals surface area contributed by atoms with Crippen molar-refractivity contribution in [1.29, 1.82) is 0 Å². The molecule has 2 heteroatoms. The highest BCUT2D eigenvalue weighted by atomic mass is 16.5. The molecular weight excluding hydrogens is 246 g/mol. The average molecular weight is 269 g/mol. The third kappa shape index (κ3) is 3.40. The van der Waals surface area contributed by atoms with Crippen LogP contribution in [-0.4, -0.2) is 0 Å². The van der Waals surface area contributed by atoms with Crippen molar-refractivity contribution in [2.45, 2.75) is 40.3 Å². The van der Waals surface area contributed by atoms with Crippen LogP contribution in [-0.2, 0) is 6.61 Å². The van der Waals surface area contributed by atoms with Crippen molar-refractivity contribution in [2.24, 2.45) is 5.73 Å². The van der Waals surface area contributed by atoms with Crippen molar-refractivity contribution < 1.29 is 4.74 Å². The van der Waals surface area contributed by atoms with Crippen LogP contribution >= 0.6 is 0 Å².